The van der Waals surface area contributed by atoms with Gasteiger partial charge in [-0.25, -0.2) is 4.39 Å². The molecule has 6 nitrogen and oxygen atoms in total. The summed E-state index contributed by atoms with van der Waals surface area (Å²) in [4.78, 5) is 12.6. The minimum Gasteiger partial charge on any atom is -0.485 e. The first kappa shape index (κ1) is 24.8. The largest absolute Gasteiger partial charge is 0.485 e. The van der Waals surface area contributed by atoms with Crippen molar-refractivity contribution in [3.63, 3.8) is 0 Å². The lowest BCUT2D eigenvalue weighted by Gasteiger charge is -2.15. The molecule has 0 aliphatic rings. The van der Waals surface area contributed by atoms with Crippen LogP contribution in [0.5, 0.6) is 5.75 Å². The van der Waals surface area contributed by atoms with Crippen LogP contribution in [-0.4, -0.2) is 15.7 Å². The molecule has 0 spiro atoms. The molecular weight excluding hydrogens is 492 g/mol. The first-order chi connectivity index (χ1) is 16.7. The minimum atomic E-state index is -0.462. The van der Waals surface area contributed by atoms with Crippen LogP contribution in [0.2, 0.25) is 10.0 Å². The number of nitrogens with zero attached hydrogens (tertiary/aromatic N) is 2. The normalized spacial score (nSPS) is 11.2. The van der Waals surface area contributed by atoms with Crippen molar-refractivity contribution in [1.29, 1.82) is 0 Å². The van der Waals surface area contributed by atoms with Crippen molar-refractivity contribution in [3.05, 3.63) is 98.8 Å². The van der Waals surface area contributed by atoms with E-state index < -0.39 is 11.7 Å². The van der Waals surface area contributed by atoms with E-state index in [1.165, 1.54) is 16.8 Å². The van der Waals surface area contributed by atoms with E-state index in [0.717, 1.165) is 16.9 Å². The van der Waals surface area contributed by atoms with Crippen LogP contribution in [0.3, 0.4) is 0 Å². The highest BCUT2D eigenvalue weighted by Gasteiger charge is 2.16. The molecule has 2 aromatic heterocycles. The lowest BCUT2D eigenvalue weighted by Crippen LogP contribution is -2.12. The lowest BCUT2D eigenvalue weighted by atomic mass is 10.0. The first-order valence-corrected chi connectivity index (χ1v) is 11.8. The first-order valence-electron chi connectivity index (χ1n) is 11.0. The number of carbonyl (C=O) groups is 1. The summed E-state index contributed by atoms with van der Waals surface area (Å²) in [6, 6.07) is 13.2. The second kappa shape index (κ2) is 10.5. The Morgan fingerprint density at radius 2 is 1.97 bits per heavy atom. The lowest BCUT2D eigenvalue weighted by molar-refractivity contribution is 0.0992. The maximum absolute atomic E-state index is 14.0. The molecule has 2 aromatic carbocycles. The molecule has 0 fully saturated rings. The number of rotatable bonds is 8. The molecule has 35 heavy (non-hydrogen) atoms. The summed E-state index contributed by atoms with van der Waals surface area (Å²) in [6.07, 6.45) is 1.63. The Labute approximate surface area is 212 Å². The fourth-order valence-corrected chi connectivity index (χ4v) is 3.91. The molecule has 2 heterocycles. The van der Waals surface area contributed by atoms with Crippen molar-refractivity contribution in [2.45, 2.75) is 39.8 Å². The van der Waals surface area contributed by atoms with E-state index in [2.05, 4.69) is 24.3 Å². The number of aryl methyl sites for hydroxylation is 1. The van der Waals surface area contributed by atoms with Gasteiger partial charge in [0, 0.05) is 27.9 Å². The molecule has 0 aliphatic heterocycles. The summed E-state index contributed by atoms with van der Waals surface area (Å²) >= 11 is 12.3. The molecule has 0 saturated carbocycles. The Kier molecular flexibility index (Phi) is 7.48. The number of benzene rings is 2. The second-order valence-corrected chi connectivity index (χ2v) is 9.22. The summed E-state index contributed by atoms with van der Waals surface area (Å²) in [5.74, 6) is 0.993. The summed E-state index contributed by atoms with van der Waals surface area (Å²) in [5.41, 5.74) is 2.24. The van der Waals surface area contributed by atoms with Crippen LogP contribution in [0.25, 0.3) is 0 Å². The fraction of sp³-hybridized carbons (Fsp3) is 0.231. The number of amides is 1. The maximum atomic E-state index is 14.0. The van der Waals surface area contributed by atoms with Crippen molar-refractivity contribution < 1.29 is 18.3 Å². The quantitative estimate of drug-likeness (QED) is 0.268. The van der Waals surface area contributed by atoms with E-state index in [0.29, 0.717) is 27.2 Å². The zero-order valence-corrected chi connectivity index (χ0v) is 21.0. The predicted molar refractivity (Wildman–Crippen MR) is 134 cm³/mol. The second-order valence-electron chi connectivity index (χ2n) is 8.40. The number of ether oxygens (including phenoxy) is 1. The van der Waals surface area contributed by atoms with Gasteiger partial charge in [0.1, 0.15) is 23.9 Å². The molecule has 4 rings (SSSR count). The van der Waals surface area contributed by atoms with Gasteiger partial charge in [-0.05, 0) is 60.4 Å². The zero-order valence-electron chi connectivity index (χ0n) is 19.4. The van der Waals surface area contributed by atoms with Gasteiger partial charge in [0.05, 0.1) is 6.54 Å². The summed E-state index contributed by atoms with van der Waals surface area (Å²) in [7, 11) is 0. The molecule has 4 aromatic rings. The number of halogens is 3. The molecule has 0 bridgehead atoms. The third-order valence-corrected chi connectivity index (χ3v) is 6.19. The van der Waals surface area contributed by atoms with Crippen LogP contribution in [0.4, 0.5) is 10.2 Å². The van der Waals surface area contributed by atoms with E-state index in [4.69, 9.17) is 32.4 Å². The van der Waals surface area contributed by atoms with E-state index >= 15 is 0 Å². The Morgan fingerprint density at radius 1 is 1.17 bits per heavy atom. The van der Waals surface area contributed by atoms with Crippen molar-refractivity contribution >= 4 is 34.9 Å². The van der Waals surface area contributed by atoms with E-state index in [1.807, 2.05) is 19.1 Å². The smallest absolute Gasteiger partial charge is 0.292 e. The molecule has 0 unspecified atom stereocenters. The Hall–Kier alpha value is -3.29. The molecule has 182 valence electrons. The number of nitrogens with one attached hydrogen (secondary N) is 1. The van der Waals surface area contributed by atoms with Crippen LogP contribution < -0.4 is 10.1 Å². The number of hydrogen-bond donors (Lipinski definition) is 1. The highest BCUT2D eigenvalue weighted by molar-refractivity contribution is 6.31. The zero-order chi connectivity index (χ0) is 25.1. The van der Waals surface area contributed by atoms with Gasteiger partial charge >= 0.3 is 0 Å². The maximum Gasteiger partial charge on any atom is 0.292 e. The van der Waals surface area contributed by atoms with Crippen molar-refractivity contribution in [2.75, 3.05) is 5.32 Å². The number of hydrogen-bond acceptors (Lipinski definition) is 4. The highest BCUT2D eigenvalue weighted by atomic mass is 35.5. The molecule has 1 amide bonds. The predicted octanol–water partition coefficient (Wildman–Crippen LogP) is 7.23. The van der Waals surface area contributed by atoms with Gasteiger partial charge in [0.2, 0.25) is 0 Å². The van der Waals surface area contributed by atoms with Crippen molar-refractivity contribution in [1.82, 2.24) is 9.78 Å². The van der Waals surface area contributed by atoms with Gasteiger partial charge in [0.15, 0.2) is 11.6 Å². The summed E-state index contributed by atoms with van der Waals surface area (Å²) in [5, 5.41) is 7.93. The molecule has 0 atom stereocenters. The topological polar surface area (TPSA) is 69.3 Å². The highest BCUT2D eigenvalue weighted by Crippen LogP contribution is 2.32. The van der Waals surface area contributed by atoms with Crippen LogP contribution in [0, 0.1) is 12.7 Å². The molecular formula is C26H24Cl2FN3O3. The number of furan rings is 1. The van der Waals surface area contributed by atoms with Gasteiger partial charge in [-0.15, -0.1) is 0 Å². The molecule has 9 heteroatoms. The third-order valence-electron chi connectivity index (χ3n) is 5.43. The molecule has 0 aliphatic carbocycles. The van der Waals surface area contributed by atoms with Gasteiger partial charge in [0.25, 0.3) is 5.91 Å². The standard InChI is InChI=1S/C26H24Cl2FN3O3/c1-15(2)18-12-21(28)16(3)11-24(18)34-14-17-7-8-23(35-17)26(33)30-25-9-10-32(31-25)13-19-20(27)5-4-6-22(19)29/h4-12,15H,13-14H2,1-3H3,(H,30,31,33). The minimum absolute atomic E-state index is 0.117. The third kappa shape index (κ3) is 5.86. The molecule has 0 saturated heterocycles. The number of anilines is 1. The average Bonchev–Trinajstić information content (AvgIpc) is 3.46. The van der Waals surface area contributed by atoms with Gasteiger partial charge in [-0.3, -0.25) is 9.48 Å². The Morgan fingerprint density at radius 3 is 2.71 bits per heavy atom. The SMILES string of the molecule is Cc1cc(OCc2ccc(C(=O)Nc3ccn(Cc4c(F)cccc4Cl)n3)o2)c(C(C)C)cc1Cl. The van der Waals surface area contributed by atoms with Gasteiger partial charge in [-0.2, -0.15) is 5.10 Å². The average molecular weight is 516 g/mol. The molecule has 1 N–H and O–H groups in total. The summed E-state index contributed by atoms with van der Waals surface area (Å²) in [6.45, 7) is 6.34. The van der Waals surface area contributed by atoms with Gasteiger partial charge in [-0.1, -0.05) is 43.1 Å². The Bertz CT molecular complexity index is 1340. The van der Waals surface area contributed by atoms with Crippen LogP contribution in [-0.2, 0) is 13.2 Å². The number of carbonyl (C=O) groups excluding carboxylic acids is 1. The van der Waals surface area contributed by atoms with Crippen LogP contribution in [0.15, 0.2) is 59.1 Å². The van der Waals surface area contributed by atoms with Crippen LogP contribution >= 0.6 is 23.2 Å². The van der Waals surface area contributed by atoms with Gasteiger partial charge < -0.3 is 14.5 Å². The van der Waals surface area contributed by atoms with E-state index in [1.54, 1.807) is 30.5 Å². The van der Waals surface area contributed by atoms with Crippen molar-refractivity contribution in [2.24, 2.45) is 0 Å². The van der Waals surface area contributed by atoms with E-state index in [9.17, 15) is 9.18 Å². The summed E-state index contributed by atoms with van der Waals surface area (Å²) < 4.78 is 27.1. The van der Waals surface area contributed by atoms with E-state index in [-0.39, 0.29) is 24.8 Å². The number of aromatic nitrogens is 2. The monoisotopic (exact) mass is 515 g/mol. The Balaban J connectivity index is 1.39. The van der Waals surface area contributed by atoms with Crippen molar-refractivity contribution in [3.8, 4) is 5.75 Å². The molecule has 0 radical (unpaired) electrons. The fourth-order valence-electron chi connectivity index (χ4n) is 3.51. The van der Waals surface area contributed by atoms with Crippen LogP contribution in [0.1, 0.15) is 52.8 Å².